The van der Waals surface area contributed by atoms with Crippen LogP contribution in [0.15, 0.2) is 0 Å². The lowest BCUT2D eigenvalue weighted by Gasteiger charge is -2.21. The number of hydrogen-bond donors (Lipinski definition) is 2. The minimum absolute atomic E-state index is 0.331. The van der Waals surface area contributed by atoms with Crippen molar-refractivity contribution in [3.63, 3.8) is 0 Å². The third-order valence-electron chi connectivity index (χ3n) is 2.18. The highest BCUT2D eigenvalue weighted by Gasteiger charge is 2.22. The molecule has 0 aromatic carbocycles. The summed E-state index contributed by atoms with van der Waals surface area (Å²) in [5.74, 6) is 3.24. The van der Waals surface area contributed by atoms with Crippen LogP contribution in [-0.2, 0) is 10.0 Å². The quantitative estimate of drug-likeness (QED) is 0.744. The fraction of sp³-hybridized carbons (Fsp3) is 1.00. The molecular formula is C8H17NO3S3. The molecule has 7 heteroatoms. The van der Waals surface area contributed by atoms with Gasteiger partial charge in [0.2, 0.25) is 10.0 Å². The lowest BCUT2D eigenvalue weighted by molar-refractivity contribution is 0.295. The SMILES string of the molecule is CC(CO)S(=O)(=O)NCC1CSCCS1. The molecule has 1 aliphatic heterocycles. The van der Waals surface area contributed by atoms with Crippen LogP contribution in [0.25, 0.3) is 0 Å². The Morgan fingerprint density at radius 3 is 2.80 bits per heavy atom. The summed E-state index contributed by atoms with van der Waals surface area (Å²) in [5, 5.41) is 8.42. The number of nitrogens with one attached hydrogen (secondary N) is 1. The van der Waals surface area contributed by atoms with Gasteiger partial charge in [0.15, 0.2) is 0 Å². The van der Waals surface area contributed by atoms with E-state index in [-0.39, 0.29) is 6.61 Å². The minimum atomic E-state index is -3.33. The summed E-state index contributed by atoms with van der Waals surface area (Å²) in [7, 11) is -3.33. The number of aliphatic hydroxyl groups excluding tert-OH is 1. The van der Waals surface area contributed by atoms with Gasteiger partial charge in [-0.15, -0.1) is 0 Å². The molecule has 1 saturated heterocycles. The highest BCUT2D eigenvalue weighted by molar-refractivity contribution is 8.06. The van der Waals surface area contributed by atoms with Crippen LogP contribution in [0.5, 0.6) is 0 Å². The maximum Gasteiger partial charge on any atom is 0.216 e. The topological polar surface area (TPSA) is 66.4 Å². The summed E-state index contributed by atoms with van der Waals surface area (Å²) in [5.41, 5.74) is 0. The Balaban J connectivity index is 2.35. The van der Waals surface area contributed by atoms with Gasteiger partial charge in [0.05, 0.1) is 11.9 Å². The maximum atomic E-state index is 11.5. The predicted octanol–water partition coefficient (Wildman–Crippen LogP) is 0.135. The molecular weight excluding hydrogens is 254 g/mol. The van der Waals surface area contributed by atoms with Crippen molar-refractivity contribution in [1.29, 1.82) is 0 Å². The van der Waals surface area contributed by atoms with Crippen molar-refractivity contribution in [3.05, 3.63) is 0 Å². The monoisotopic (exact) mass is 271 g/mol. The van der Waals surface area contributed by atoms with Crippen LogP contribution in [0, 0.1) is 0 Å². The van der Waals surface area contributed by atoms with Crippen molar-refractivity contribution in [2.24, 2.45) is 0 Å². The normalized spacial score (nSPS) is 25.1. The second-order valence-corrected chi connectivity index (χ2v) is 8.20. The average Bonchev–Trinajstić information content (AvgIpc) is 2.27. The summed E-state index contributed by atoms with van der Waals surface area (Å²) < 4.78 is 25.6. The molecule has 1 rings (SSSR count). The lowest BCUT2D eigenvalue weighted by Crippen LogP contribution is -2.39. The van der Waals surface area contributed by atoms with Crippen LogP contribution in [-0.4, -0.2) is 54.4 Å². The Kier molecular flexibility index (Phi) is 5.76. The molecule has 0 saturated carbocycles. The molecule has 0 aromatic heterocycles. The number of aliphatic hydroxyl groups is 1. The molecule has 15 heavy (non-hydrogen) atoms. The van der Waals surface area contributed by atoms with Gasteiger partial charge in [-0.3, -0.25) is 0 Å². The lowest BCUT2D eigenvalue weighted by atomic mass is 10.5. The summed E-state index contributed by atoms with van der Waals surface area (Å²) in [6.07, 6.45) is 0. The molecule has 1 heterocycles. The van der Waals surface area contributed by atoms with E-state index in [1.165, 1.54) is 6.92 Å². The van der Waals surface area contributed by atoms with Crippen molar-refractivity contribution < 1.29 is 13.5 Å². The first-order valence-corrected chi connectivity index (χ1v) is 8.60. The highest BCUT2D eigenvalue weighted by atomic mass is 32.2. The van der Waals surface area contributed by atoms with E-state index in [0.29, 0.717) is 11.8 Å². The van der Waals surface area contributed by atoms with E-state index in [1.807, 2.05) is 23.5 Å². The van der Waals surface area contributed by atoms with Crippen molar-refractivity contribution in [2.75, 3.05) is 30.4 Å². The fourth-order valence-electron chi connectivity index (χ4n) is 1.10. The Labute approximate surface area is 99.6 Å². The number of thioether (sulfide) groups is 2. The highest BCUT2D eigenvalue weighted by Crippen LogP contribution is 2.23. The Morgan fingerprint density at radius 1 is 1.53 bits per heavy atom. The van der Waals surface area contributed by atoms with Gasteiger partial charge in [-0.05, 0) is 6.92 Å². The van der Waals surface area contributed by atoms with E-state index in [0.717, 1.165) is 17.3 Å². The van der Waals surface area contributed by atoms with Crippen LogP contribution < -0.4 is 4.72 Å². The van der Waals surface area contributed by atoms with Crippen molar-refractivity contribution in [3.8, 4) is 0 Å². The van der Waals surface area contributed by atoms with Crippen molar-refractivity contribution in [2.45, 2.75) is 17.4 Å². The van der Waals surface area contributed by atoms with E-state index in [9.17, 15) is 8.42 Å². The van der Waals surface area contributed by atoms with Gasteiger partial charge < -0.3 is 5.11 Å². The van der Waals surface area contributed by atoms with Crippen LogP contribution >= 0.6 is 23.5 Å². The number of rotatable bonds is 5. The van der Waals surface area contributed by atoms with E-state index in [4.69, 9.17) is 5.11 Å². The molecule has 2 unspecified atom stereocenters. The fourth-order valence-corrected chi connectivity index (χ4v) is 4.74. The second-order valence-electron chi connectivity index (χ2n) is 3.45. The number of hydrogen-bond acceptors (Lipinski definition) is 5. The van der Waals surface area contributed by atoms with Crippen molar-refractivity contribution in [1.82, 2.24) is 4.72 Å². The van der Waals surface area contributed by atoms with E-state index < -0.39 is 15.3 Å². The van der Waals surface area contributed by atoms with Crippen LogP contribution in [0.4, 0.5) is 0 Å². The molecule has 2 atom stereocenters. The molecule has 1 fully saturated rings. The summed E-state index contributed by atoms with van der Waals surface area (Å²) in [6.45, 7) is 1.65. The van der Waals surface area contributed by atoms with Crippen LogP contribution in [0.2, 0.25) is 0 Å². The smallest absolute Gasteiger partial charge is 0.216 e. The van der Waals surface area contributed by atoms with Gasteiger partial charge in [0.25, 0.3) is 0 Å². The number of sulfonamides is 1. The largest absolute Gasteiger partial charge is 0.395 e. The molecule has 90 valence electrons. The molecule has 2 N–H and O–H groups in total. The molecule has 0 aliphatic carbocycles. The third kappa shape index (κ3) is 4.52. The Bertz CT molecular complexity index is 275. The van der Waals surface area contributed by atoms with Crippen LogP contribution in [0.3, 0.4) is 0 Å². The zero-order chi connectivity index (χ0) is 11.3. The Hall–Kier alpha value is 0.570. The van der Waals surface area contributed by atoms with Crippen LogP contribution in [0.1, 0.15) is 6.92 Å². The van der Waals surface area contributed by atoms with Gasteiger partial charge in [0, 0.05) is 29.1 Å². The van der Waals surface area contributed by atoms with E-state index in [2.05, 4.69) is 4.72 Å². The van der Waals surface area contributed by atoms with Crippen molar-refractivity contribution >= 4 is 33.5 Å². The summed E-state index contributed by atoms with van der Waals surface area (Å²) >= 11 is 3.68. The van der Waals surface area contributed by atoms with Gasteiger partial charge in [-0.1, -0.05) is 0 Å². The average molecular weight is 271 g/mol. The third-order valence-corrected chi connectivity index (χ3v) is 6.81. The first-order valence-electron chi connectivity index (χ1n) is 4.85. The molecule has 0 amide bonds. The molecule has 0 aromatic rings. The van der Waals surface area contributed by atoms with Gasteiger partial charge in [-0.25, -0.2) is 13.1 Å². The molecule has 1 aliphatic rings. The van der Waals surface area contributed by atoms with E-state index in [1.54, 1.807) is 0 Å². The van der Waals surface area contributed by atoms with Gasteiger partial charge in [0.1, 0.15) is 0 Å². The second kappa shape index (κ2) is 6.34. The maximum absolute atomic E-state index is 11.5. The standard InChI is InChI=1S/C8H17NO3S3/c1-7(5-10)15(11,12)9-4-8-6-13-2-3-14-8/h7-10H,2-6H2,1H3. The van der Waals surface area contributed by atoms with Gasteiger partial charge >= 0.3 is 0 Å². The first-order chi connectivity index (χ1) is 7.06. The first kappa shape index (κ1) is 13.6. The molecule has 0 bridgehead atoms. The van der Waals surface area contributed by atoms with Gasteiger partial charge in [-0.2, -0.15) is 23.5 Å². The van der Waals surface area contributed by atoms with E-state index >= 15 is 0 Å². The molecule has 0 spiro atoms. The minimum Gasteiger partial charge on any atom is -0.395 e. The zero-order valence-corrected chi connectivity index (χ0v) is 11.1. The predicted molar refractivity (Wildman–Crippen MR) is 67.0 cm³/mol. The summed E-state index contributed by atoms with van der Waals surface area (Å²) in [6, 6.07) is 0. The Morgan fingerprint density at radius 2 is 2.27 bits per heavy atom. The molecule has 4 nitrogen and oxygen atoms in total. The molecule has 0 radical (unpaired) electrons. The summed E-state index contributed by atoms with van der Waals surface area (Å²) in [4.78, 5) is 0. The zero-order valence-electron chi connectivity index (χ0n) is 8.68.